The van der Waals surface area contributed by atoms with Crippen molar-refractivity contribution in [2.75, 3.05) is 25.6 Å². The summed E-state index contributed by atoms with van der Waals surface area (Å²) in [4.78, 5) is 12.7. The average molecular weight is 384 g/mol. The van der Waals surface area contributed by atoms with Crippen molar-refractivity contribution in [1.29, 1.82) is 0 Å². The number of hydrogen-bond acceptors (Lipinski definition) is 7. The second-order valence-corrected chi connectivity index (χ2v) is 6.09. The minimum atomic E-state index is -0.706. The maximum atomic E-state index is 12.7. The first kappa shape index (κ1) is 17.7. The van der Waals surface area contributed by atoms with Crippen LogP contribution in [0.15, 0.2) is 29.5 Å². The fraction of sp³-hybridized carbons (Fsp3) is 0.333. The lowest BCUT2D eigenvalue weighted by atomic mass is 9.95. The number of halogens is 2. The van der Waals surface area contributed by atoms with Crippen LogP contribution in [0.4, 0.5) is 5.95 Å². The largest absolute Gasteiger partial charge is 0.460 e. The summed E-state index contributed by atoms with van der Waals surface area (Å²) < 4.78 is 11.6. The van der Waals surface area contributed by atoms with Crippen molar-refractivity contribution >= 4 is 35.1 Å². The predicted molar refractivity (Wildman–Crippen MR) is 91.6 cm³/mol. The van der Waals surface area contributed by atoms with E-state index in [-0.39, 0.29) is 6.61 Å². The van der Waals surface area contributed by atoms with Gasteiger partial charge in [0.1, 0.15) is 12.6 Å². The normalized spacial score (nSPS) is 16.4. The molecule has 8 nitrogen and oxygen atoms in total. The molecule has 1 N–H and O–H groups in total. The van der Waals surface area contributed by atoms with Gasteiger partial charge < -0.3 is 14.8 Å². The number of hydrogen-bond donors (Lipinski definition) is 1. The van der Waals surface area contributed by atoms with E-state index in [0.29, 0.717) is 39.4 Å². The molecular weight excluding hydrogens is 369 g/mol. The summed E-state index contributed by atoms with van der Waals surface area (Å²) in [7, 11) is 1.53. The Morgan fingerprint density at radius 3 is 2.72 bits per heavy atom. The van der Waals surface area contributed by atoms with Crippen LogP contribution in [-0.2, 0) is 14.3 Å². The van der Waals surface area contributed by atoms with E-state index >= 15 is 0 Å². The molecular formula is C15H15Cl2N5O3. The molecule has 2 aromatic rings. The SMILES string of the molecule is COCCOC(=O)C1=C(C)Nc2nnnn2[C@H]1c1c(Cl)cccc1Cl. The number of benzene rings is 1. The van der Waals surface area contributed by atoms with Crippen molar-refractivity contribution < 1.29 is 14.3 Å². The van der Waals surface area contributed by atoms with E-state index < -0.39 is 12.0 Å². The Balaban J connectivity index is 2.09. The molecule has 0 amide bonds. The van der Waals surface area contributed by atoms with Gasteiger partial charge in [0.25, 0.3) is 0 Å². The number of methoxy groups -OCH3 is 1. The van der Waals surface area contributed by atoms with E-state index in [1.165, 1.54) is 11.8 Å². The van der Waals surface area contributed by atoms with Gasteiger partial charge in [0, 0.05) is 28.4 Å². The van der Waals surface area contributed by atoms with Gasteiger partial charge in [-0.1, -0.05) is 34.4 Å². The Bertz CT molecular complexity index is 816. The van der Waals surface area contributed by atoms with Crippen molar-refractivity contribution in [2.45, 2.75) is 13.0 Å². The number of allylic oxidation sites excluding steroid dienone is 1. The number of nitrogens with zero attached hydrogens (tertiary/aromatic N) is 4. The molecule has 2 heterocycles. The van der Waals surface area contributed by atoms with Gasteiger partial charge in [-0.2, -0.15) is 4.68 Å². The fourth-order valence-corrected chi connectivity index (χ4v) is 3.22. The first-order valence-electron chi connectivity index (χ1n) is 7.40. The summed E-state index contributed by atoms with van der Waals surface area (Å²) in [5.41, 5.74) is 1.41. The molecule has 10 heteroatoms. The molecule has 0 saturated carbocycles. The molecule has 0 fully saturated rings. The summed E-state index contributed by atoms with van der Waals surface area (Å²) in [6.45, 7) is 2.15. The topological polar surface area (TPSA) is 91.2 Å². The molecule has 0 spiro atoms. The number of anilines is 1. The van der Waals surface area contributed by atoms with Crippen LogP contribution in [-0.4, -0.2) is 46.5 Å². The lowest BCUT2D eigenvalue weighted by molar-refractivity contribution is -0.140. The van der Waals surface area contributed by atoms with Gasteiger partial charge >= 0.3 is 5.97 Å². The predicted octanol–water partition coefficient (Wildman–Crippen LogP) is 2.46. The summed E-state index contributed by atoms with van der Waals surface area (Å²) in [5.74, 6) is -0.142. The summed E-state index contributed by atoms with van der Waals surface area (Å²) in [6.07, 6.45) is 0. The number of esters is 1. The molecule has 0 aliphatic carbocycles. The zero-order valence-electron chi connectivity index (χ0n) is 13.5. The number of carbonyl (C=O) groups excluding carboxylic acids is 1. The highest BCUT2D eigenvalue weighted by molar-refractivity contribution is 6.36. The number of ether oxygens (including phenoxy) is 2. The molecule has 1 atom stereocenters. The van der Waals surface area contributed by atoms with Gasteiger partial charge in [0.2, 0.25) is 5.95 Å². The Labute approximate surface area is 153 Å². The second-order valence-electron chi connectivity index (χ2n) is 5.28. The third-order valence-electron chi connectivity index (χ3n) is 3.73. The third kappa shape index (κ3) is 3.33. The van der Waals surface area contributed by atoms with E-state index in [1.54, 1.807) is 25.1 Å². The Morgan fingerprint density at radius 2 is 2.04 bits per heavy atom. The highest BCUT2D eigenvalue weighted by Gasteiger charge is 2.37. The second kappa shape index (κ2) is 7.38. The molecule has 1 aliphatic heterocycles. The molecule has 3 rings (SSSR count). The molecule has 1 aliphatic rings. The third-order valence-corrected chi connectivity index (χ3v) is 4.39. The van der Waals surface area contributed by atoms with Crippen LogP contribution in [0.3, 0.4) is 0 Å². The lowest BCUT2D eigenvalue weighted by Crippen LogP contribution is -2.30. The van der Waals surface area contributed by atoms with E-state index in [0.717, 1.165) is 0 Å². The van der Waals surface area contributed by atoms with Gasteiger partial charge in [-0.15, -0.1) is 0 Å². The molecule has 1 aromatic heterocycles. The summed E-state index contributed by atoms with van der Waals surface area (Å²) in [6, 6.07) is 4.40. The first-order chi connectivity index (χ1) is 12.0. The molecule has 25 heavy (non-hydrogen) atoms. The Kier molecular flexibility index (Phi) is 5.22. The number of nitrogens with one attached hydrogen (secondary N) is 1. The quantitative estimate of drug-likeness (QED) is 0.626. The molecule has 0 radical (unpaired) electrons. The zero-order chi connectivity index (χ0) is 18.0. The van der Waals surface area contributed by atoms with Crippen molar-refractivity contribution in [3.8, 4) is 0 Å². The van der Waals surface area contributed by atoms with E-state index in [4.69, 9.17) is 32.7 Å². The van der Waals surface area contributed by atoms with Crippen molar-refractivity contribution in [3.05, 3.63) is 45.1 Å². The van der Waals surface area contributed by atoms with Gasteiger partial charge in [0.15, 0.2) is 0 Å². The average Bonchev–Trinajstić information content (AvgIpc) is 3.02. The van der Waals surface area contributed by atoms with Crippen LogP contribution < -0.4 is 5.32 Å². The minimum absolute atomic E-state index is 0.123. The van der Waals surface area contributed by atoms with Gasteiger partial charge in [-0.05, 0) is 29.5 Å². The van der Waals surface area contributed by atoms with E-state index in [2.05, 4.69) is 20.8 Å². The standard InChI is InChI=1S/C15H15Cl2N5O3/c1-8-11(14(23)25-7-6-24-2)13(22-15(18-8)19-20-21-22)12-9(16)4-3-5-10(12)17/h3-5,13H,6-7H2,1-2H3,(H,18,19,21)/t13-/m1/s1. The number of tetrazole rings is 1. The maximum absolute atomic E-state index is 12.7. The Morgan fingerprint density at radius 1 is 1.32 bits per heavy atom. The maximum Gasteiger partial charge on any atom is 0.338 e. The number of aromatic nitrogens is 4. The van der Waals surface area contributed by atoms with Crippen molar-refractivity contribution in [1.82, 2.24) is 20.2 Å². The zero-order valence-corrected chi connectivity index (χ0v) is 15.0. The number of rotatable bonds is 5. The summed E-state index contributed by atoms with van der Waals surface area (Å²) in [5, 5.41) is 15.3. The highest BCUT2D eigenvalue weighted by Crippen LogP contribution is 2.41. The Hall–Kier alpha value is -2.16. The van der Waals surface area contributed by atoms with Crippen molar-refractivity contribution in [2.24, 2.45) is 0 Å². The molecule has 0 unspecified atom stereocenters. The molecule has 0 saturated heterocycles. The molecule has 1 aromatic carbocycles. The van der Waals surface area contributed by atoms with E-state index in [9.17, 15) is 4.79 Å². The van der Waals surface area contributed by atoms with Crippen molar-refractivity contribution in [3.63, 3.8) is 0 Å². The molecule has 0 bridgehead atoms. The number of fused-ring (bicyclic) bond motifs is 1. The fourth-order valence-electron chi connectivity index (χ4n) is 2.61. The lowest BCUT2D eigenvalue weighted by Gasteiger charge is -2.28. The van der Waals surface area contributed by atoms with Crippen LogP contribution in [0.5, 0.6) is 0 Å². The first-order valence-corrected chi connectivity index (χ1v) is 8.15. The van der Waals surface area contributed by atoms with Gasteiger partial charge in [-0.25, -0.2) is 4.79 Å². The van der Waals surface area contributed by atoms with Crippen LogP contribution in [0.25, 0.3) is 0 Å². The van der Waals surface area contributed by atoms with Crippen LogP contribution in [0.2, 0.25) is 10.0 Å². The summed E-state index contributed by atoms with van der Waals surface area (Å²) >= 11 is 12.7. The van der Waals surface area contributed by atoms with Crippen LogP contribution in [0, 0.1) is 0 Å². The van der Waals surface area contributed by atoms with Gasteiger partial charge in [-0.3, -0.25) is 0 Å². The smallest absolute Gasteiger partial charge is 0.338 e. The molecule has 132 valence electrons. The van der Waals surface area contributed by atoms with E-state index in [1.807, 2.05) is 0 Å². The number of carbonyl (C=O) groups is 1. The van der Waals surface area contributed by atoms with Crippen LogP contribution in [0.1, 0.15) is 18.5 Å². The highest BCUT2D eigenvalue weighted by atomic mass is 35.5. The van der Waals surface area contributed by atoms with Crippen LogP contribution >= 0.6 is 23.2 Å². The minimum Gasteiger partial charge on any atom is -0.460 e. The van der Waals surface area contributed by atoms with Gasteiger partial charge in [0.05, 0.1) is 12.2 Å². The monoisotopic (exact) mass is 383 g/mol.